The summed E-state index contributed by atoms with van der Waals surface area (Å²) in [6.45, 7) is 1.20. The molecule has 5 nitrogen and oxygen atoms in total. The van der Waals surface area contributed by atoms with Crippen molar-refractivity contribution >= 4 is 23.0 Å². The van der Waals surface area contributed by atoms with Crippen molar-refractivity contribution in [1.29, 1.82) is 0 Å². The Hall–Kier alpha value is -3.54. The van der Waals surface area contributed by atoms with Crippen molar-refractivity contribution in [3.05, 3.63) is 83.7 Å². The number of aromatic carboxylic acids is 1. The molecule has 1 aliphatic rings. The molecule has 0 fully saturated rings. The summed E-state index contributed by atoms with van der Waals surface area (Å²) in [5.74, 6) is -0.221. The summed E-state index contributed by atoms with van der Waals surface area (Å²) in [5.41, 5.74) is 3.62. The molecule has 0 radical (unpaired) electrons. The van der Waals surface area contributed by atoms with Gasteiger partial charge in [0.2, 0.25) is 0 Å². The van der Waals surface area contributed by atoms with E-state index in [1.165, 1.54) is 12.1 Å². The second kappa shape index (κ2) is 8.45. The maximum absolute atomic E-state index is 13.6. The van der Waals surface area contributed by atoms with Gasteiger partial charge in [-0.3, -0.25) is 0 Å². The van der Waals surface area contributed by atoms with E-state index in [4.69, 9.17) is 4.74 Å². The van der Waals surface area contributed by atoms with Crippen LogP contribution >= 0.6 is 0 Å². The van der Waals surface area contributed by atoms with Crippen molar-refractivity contribution in [2.45, 2.75) is 12.3 Å². The number of para-hydroxylation sites is 1. The van der Waals surface area contributed by atoms with Crippen molar-refractivity contribution in [1.82, 2.24) is 0 Å². The van der Waals surface area contributed by atoms with Crippen molar-refractivity contribution in [3.8, 4) is 5.75 Å². The molecule has 1 atom stereocenters. The topological polar surface area (TPSA) is 61.8 Å². The van der Waals surface area contributed by atoms with Crippen LogP contribution < -0.4 is 15.0 Å². The van der Waals surface area contributed by atoms with E-state index in [0.29, 0.717) is 18.8 Å². The van der Waals surface area contributed by atoms with E-state index >= 15 is 0 Å². The van der Waals surface area contributed by atoms with Gasteiger partial charge in [-0.05, 0) is 48.4 Å². The first-order valence-corrected chi connectivity index (χ1v) is 9.85. The zero-order valence-electron chi connectivity index (χ0n) is 16.6. The molecule has 0 amide bonds. The van der Waals surface area contributed by atoms with Crippen molar-refractivity contribution in [3.63, 3.8) is 0 Å². The average molecular weight is 406 g/mol. The first kappa shape index (κ1) is 19.8. The standard InChI is InChI=1S/C24H23FN2O3/c1-27(18-6-4-5-17(25)13-18)19-9-10-20-16(11-12-30-23(20)14-19)15-26-22-8-3-2-7-21(22)24(28)29/h2-10,13-14,16,26H,11-12,15H2,1H3,(H,28,29)/t16-/m0/s1. The fourth-order valence-corrected chi connectivity index (χ4v) is 3.76. The molecule has 0 unspecified atom stereocenters. The van der Waals surface area contributed by atoms with Crippen LogP contribution in [0, 0.1) is 5.82 Å². The van der Waals surface area contributed by atoms with Crippen LogP contribution in [0.5, 0.6) is 5.75 Å². The molecule has 3 aromatic carbocycles. The van der Waals surface area contributed by atoms with E-state index < -0.39 is 5.97 Å². The molecule has 6 heteroatoms. The number of rotatable bonds is 6. The fraction of sp³-hybridized carbons (Fsp3) is 0.208. The number of benzene rings is 3. The Balaban J connectivity index is 1.53. The van der Waals surface area contributed by atoms with Gasteiger partial charge in [0.1, 0.15) is 11.6 Å². The fourth-order valence-electron chi connectivity index (χ4n) is 3.76. The first-order valence-electron chi connectivity index (χ1n) is 9.85. The molecule has 0 aromatic heterocycles. The van der Waals surface area contributed by atoms with Crippen LogP contribution in [-0.4, -0.2) is 31.3 Å². The molecule has 0 spiro atoms. The third-order valence-corrected chi connectivity index (χ3v) is 5.44. The Morgan fingerprint density at radius 3 is 2.73 bits per heavy atom. The summed E-state index contributed by atoms with van der Waals surface area (Å²) in [4.78, 5) is 13.3. The molecule has 1 aliphatic heterocycles. The third-order valence-electron chi connectivity index (χ3n) is 5.44. The maximum atomic E-state index is 13.6. The highest BCUT2D eigenvalue weighted by Crippen LogP contribution is 2.38. The van der Waals surface area contributed by atoms with Gasteiger partial charge in [0, 0.05) is 42.6 Å². The number of hydrogen-bond acceptors (Lipinski definition) is 4. The van der Waals surface area contributed by atoms with E-state index in [2.05, 4.69) is 5.32 Å². The number of fused-ring (bicyclic) bond motifs is 1. The average Bonchev–Trinajstić information content (AvgIpc) is 2.76. The van der Waals surface area contributed by atoms with Gasteiger partial charge in [-0.2, -0.15) is 0 Å². The minimum absolute atomic E-state index is 0.198. The lowest BCUT2D eigenvalue weighted by Gasteiger charge is -2.28. The minimum atomic E-state index is -0.949. The lowest BCUT2D eigenvalue weighted by atomic mass is 9.92. The van der Waals surface area contributed by atoms with Gasteiger partial charge >= 0.3 is 5.97 Å². The summed E-state index contributed by atoms with van der Waals surface area (Å²) in [7, 11) is 1.89. The third kappa shape index (κ3) is 4.08. The molecule has 154 valence electrons. The molecule has 2 N–H and O–H groups in total. The Morgan fingerprint density at radius 1 is 1.13 bits per heavy atom. The van der Waals surface area contributed by atoms with Gasteiger partial charge < -0.3 is 20.1 Å². The summed E-state index contributed by atoms with van der Waals surface area (Å²) in [6.07, 6.45) is 0.842. The number of nitrogens with zero attached hydrogens (tertiary/aromatic N) is 1. The summed E-state index contributed by atoms with van der Waals surface area (Å²) < 4.78 is 19.5. The van der Waals surface area contributed by atoms with Crippen LogP contribution in [0.2, 0.25) is 0 Å². The Bertz CT molecular complexity index is 1070. The normalized spacial score (nSPS) is 15.1. The van der Waals surface area contributed by atoms with Gasteiger partial charge in [0.15, 0.2) is 0 Å². The summed E-state index contributed by atoms with van der Waals surface area (Å²) in [5, 5.41) is 12.7. The molecule has 30 heavy (non-hydrogen) atoms. The second-order valence-corrected chi connectivity index (χ2v) is 7.33. The van der Waals surface area contributed by atoms with Crippen LogP contribution in [0.25, 0.3) is 0 Å². The van der Waals surface area contributed by atoms with Crippen molar-refractivity contribution < 1.29 is 19.0 Å². The van der Waals surface area contributed by atoms with Gasteiger partial charge in [0.25, 0.3) is 0 Å². The number of nitrogens with one attached hydrogen (secondary N) is 1. The highest BCUT2D eigenvalue weighted by molar-refractivity contribution is 5.94. The molecule has 4 rings (SSSR count). The lowest BCUT2D eigenvalue weighted by molar-refractivity contribution is 0.0698. The lowest BCUT2D eigenvalue weighted by Crippen LogP contribution is -2.22. The Kier molecular flexibility index (Phi) is 5.57. The van der Waals surface area contributed by atoms with Gasteiger partial charge in [-0.1, -0.05) is 24.3 Å². The van der Waals surface area contributed by atoms with Crippen LogP contribution in [0.1, 0.15) is 28.3 Å². The Morgan fingerprint density at radius 2 is 1.93 bits per heavy atom. The molecule has 1 heterocycles. The highest BCUT2D eigenvalue weighted by atomic mass is 19.1. The van der Waals surface area contributed by atoms with E-state index in [1.54, 1.807) is 24.3 Å². The van der Waals surface area contributed by atoms with E-state index in [1.807, 2.05) is 42.3 Å². The van der Waals surface area contributed by atoms with Crippen LogP contribution in [0.3, 0.4) is 0 Å². The summed E-state index contributed by atoms with van der Waals surface area (Å²) in [6, 6.07) is 19.4. The van der Waals surface area contributed by atoms with Gasteiger partial charge in [-0.15, -0.1) is 0 Å². The van der Waals surface area contributed by atoms with Crippen molar-refractivity contribution in [2.75, 3.05) is 30.4 Å². The van der Waals surface area contributed by atoms with Crippen LogP contribution in [0.15, 0.2) is 66.7 Å². The van der Waals surface area contributed by atoms with Crippen LogP contribution in [0.4, 0.5) is 21.5 Å². The SMILES string of the molecule is CN(c1cccc(F)c1)c1ccc2c(c1)OCC[C@H]2CNc1ccccc1C(=O)O. The maximum Gasteiger partial charge on any atom is 0.337 e. The molecular weight excluding hydrogens is 383 g/mol. The molecular formula is C24H23FN2O3. The monoisotopic (exact) mass is 406 g/mol. The number of anilines is 3. The van der Waals surface area contributed by atoms with Crippen LogP contribution in [-0.2, 0) is 0 Å². The van der Waals surface area contributed by atoms with Crippen molar-refractivity contribution in [2.24, 2.45) is 0 Å². The molecule has 0 saturated carbocycles. The van der Waals surface area contributed by atoms with E-state index in [9.17, 15) is 14.3 Å². The van der Waals surface area contributed by atoms with E-state index in [0.717, 1.165) is 29.1 Å². The number of carbonyl (C=O) groups is 1. The number of ether oxygens (including phenoxy) is 1. The number of carboxylic acid groups (broad SMARTS) is 1. The molecule has 0 aliphatic carbocycles. The number of carboxylic acids is 1. The molecule has 3 aromatic rings. The number of halogens is 1. The zero-order chi connectivity index (χ0) is 21.1. The smallest absolute Gasteiger partial charge is 0.337 e. The molecule has 0 saturated heterocycles. The largest absolute Gasteiger partial charge is 0.493 e. The zero-order valence-corrected chi connectivity index (χ0v) is 16.6. The quantitative estimate of drug-likeness (QED) is 0.584. The predicted octanol–water partition coefficient (Wildman–Crippen LogP) is 5.27. The second-order valence-electron chi connectivity index (χ2n) is 7.33. The highest BCUT2D eigenvalue weighted by Gasteiger charge is 2.23. The summed E-state index contributed by atoms with van der Waals surface area (Å²) >= 11 is 0. The number of hydrogen-bond donors (Lipinski definition) is 2. The van der Waals surface area contributed by atoms with E-state index in [-0.39, 0.29) is 17.3 Å². The Labute approximate surface area is 174 Å². The first-order chi connectivity index (χ1) is 14.5. The van der Waals surface area contributed by atoms with Gasteiger partial charge in [-0.25, -0.2) is 9.18 Å². The predicted molar refractivity (Wildman–Crippen MR) is 116 cm³/mol. The molecule has 0 bridgehead atoms. The van der Waals surface area contributed by atoms with Gasteiger partial charge in [0.05, 0.1) is 12.2 Å². The minimum Gasteiger partial charge on any atom is -0.493 e.